The molecule has 0 aromatic carbocycles. The third-order valence-electron chi connectivity index (χ3n) is 0.703. The molecule has 0 saturated carbocycles. The van der Waals surface area contributed by atoms with Crippen LogP contribution in [0.5, 0.6) is 0 Å². The number of halogens is 1. The van der Waals surface area contributed by atoms with Crippen LogP contribution in [-0.4, -0.2) is 8.98 Å². The van der Waals surface area contributed by atoms with E-state index in [0.717, 1.165) is 6.42 Å². The quantitative estimate of drug-likeness (QED) is 0.236. The molecule has 1 atom stereocenters. The number of hydrogen-bond acceptors (Lipinski definition) is 2. The van der Waals surface area contributed by atoms with Gasteiger partial charge in [-0.25, -0.2) is 0 Å². The van der Waals surface area contributed by atoms with Gasteiger partial charge in [0.1, 0.15) is 0 Å². The molecule has 0 amide bonds. The molecule has 7 heavy (non-hydrogen) atoms. The van der Waals surface area contributed by atoms with Crippen molar-refractivity contribution >= 4 is 0 Å². The van der Waals surface area contributed by atoms with Gasteiger partial charge in [-0.3, -0.25) is 0 Å². The van der Waals surface area contributed by atoms with E-state index in [1.54, 1.807) is 0 Å². The summed E-state index contributed by atoms with van der Waals surface area (Å²) in [6.45, 7) is 2.00. The minimum absolute atomic E-state index is 0.0622. The van der Waals surface area contributed by atoms with Gasteiger partial charge in [0, 0.05) is 0 Å². The molecule has 0 aliphatic rings. The fraction of sp³-hybridized carbons (Fsp3) is 1.00. The summed E-state index contributed by atoms with van der Waals surface area (Å²) >= 11 is 0.0622. The Balaban J connectivity index is 3.16. The van der Waals surface area contributed by atoms with E-state index in [-0.39, 0.29) is 25.3 Å². The Morgan fingerprint density at radius 3 is 2.43 bits per heavy atom. The summed E-state index contributed by atoms with van der Waals surface area (Å²) in [6.07, 6.45) is 0.924. The Labute approximate surface area is 53.9 Å². The molecule has 0 bridgehead atoms. The molecule has 0 aliphatic carbocycles. The Kier molecular flexibility index (Phi) is 4.70. The zero-order valence-corrected chi connectivity index (χ0v) is 6.68. The number of rotatable bonds is 3. The molecule has 0 aliphatic heterocycles. The van der Waals surface area contributed by atoms with Gasteiger partial charge in [0.05, 0.1) is 0 Å². The molecule has 0 N–H and O–H groups in total. The van der Waals surface area contributed by atoms with Crippen molar-refractivity contribution in [1.29, 1.82) is 0 Å². The summed E-state index contributed by atoms with van der Waals surface area (Å²) in [5.74, 6) is 0. The van der Waals surface area contributed by atoms with Gasteiger partial charge in [-0.05, 0) is 0 Å². The van der Waals surface area contributed by atoms with Gasteiger partial charge in [-0.2, -0.15) is 0 Å². The van der Waals surface area contributed by atoms with Crippen LogP contribution in [0.25, 0.3) is 0 Å². The van der Waals surface area contributed by atoms with E-state index in [2.05, 4.69) is 10.1 Å². The van der Waals surface area contributed by atoms with Crippen molar-refractivity contribution in [2.75, 3.05) is 4.93 Å². The summed E-state index contributed by atoms with van der Waals surface area (Å²) < 4.78 is 0.166. The zero-order valence-electron chi connectivity index (χ0n) is 4.52. The Hall–Kier alpha value is 0.330. The van der Waals surface area contributed by atoms with E-state index < -0.39 is 0 Å². The summed E-state index contributed by atoms with van der Waals surface area (Å²) in [5.41, 5.74) is 0. The molecule has 1 unspecified atom stereocenters. The predicted octanol–water partition coefficient (Wildman–Crippen LogP) is -1.79. The van der Waals surface area contributed by atoms with Crippen LogP contribution in [0.1, 0.15) is 13.3 Å². The topological polar surface area (TPSA) is 29.4 Å². The first-order valence-electron chi connectivity index (χ1n) is 2.15. The van der Waals surface area contributed by atoms with Crippen LogP contribution < -0.4 is 21.2 Å². The van der Waals surface area contributed by atoms with E-state index in [0.29, 0.717) is 0 Å². The van der Waals surface area contributed by atoms with Crippen molar-refractivity contribution in [3.05, 3.63) is 4.91 Å². The average Bonchev–Trinajstić information content (AvgIpc) is 1.72. The van der Waals surface area contributed by atoms with Crippen molar-refractivity contribution in [3.8, 4) is 0 Å². The maximum atomic E-state index is 9.74. The Morgan fingerprint density at radius 1 is 1.86 bits per heavy atom. The summed E-state index contributed by atoms with van der Waals surface area (Å²) in [6, 6.07) is 0. The molecule has 0 aromatic rings. The molecule has 0 saturated heterocycles. The van der Waals surface area contributed by atoms with E-state index in [1.165, 1.54) is 0 Å². The molecular formula is C4H9INO-. The van der Waals surface area contributed by atoms with E-state index >= 15 is 0 Å². The van der Waals surface area contributed by atoms with Crippen LogP contribution in [0.4, 0.5) is 0 Å². The second-order valence-corrected chi connectivity index (χ2v) is 3.85. The number of nitrogens with zero attached hydrogens (tertiary/aromatic N) is 1. The van der Waals surface area contributed by atoms with Crippen molar-refractivity contribution in [2.45, 2.75) is 17.4 Å². The first kappa shape index (κ1) is 7.33. The van der Waals surface area contributed by atoms with Crippen molar-refractivity contribution in [3.63, 3.8) is 0 Å². The van der Waals surface area contributed by atoms with Gasteiger partial charge in [-0.15, -0.1) is 0 Å². The molecule has 3 heteroatoms. The predicted molar refractivity (Wildman–Crippen MR) is 25.8 cm³/mol. The summed E-state index contributed by atoms with van der Waals surface area (Å²) in [7, 11) is 0. The number of alkyl halides is 2. The van der Waals surface area contributed by atoms with Gasteiger partial charge >= 0.3 is 53.6 Å². The van der Waals surface area contributed by atoms with Gasteiger partial charge in [0.2, 0.25) is 0 Å². The summed E-state index contributed by atoms with van der Waals surface area (Å²) in [4.78, 5) is 11.8. The van der Waals surface area contributed by atoms with Gasteiger partial charge < -0.3 is 0 Å². The second-order valence-electron chi connectivity index (χ2n) is 1.17. The van der Waals surface area contributed by atoms with Crippen molar-refractivity contribution in [1.82, 2.24) is 0 Å². The van der Waals surface area contributed by atoms with Gasteiger partial charge in [0.15, 0.2) is 0 Å². The molecule has 0 heterocycles. The first-order valence-corrected chi connectivity index (χ1v) is 5.56. The van der Waals surface area contributed by atoms with Crippen LogP contribution in [0.2, 0.25) is 0 Å². The molecule has 0 rings (SSSR count). The van der Waals surface area contributed by atoms with Crippen molar-refractivity contribution in [2.24, 2.45) is 5.18 Å². The fourth-order valence-corrected chi connectivity index (χ4v) is 1.38. The van der Waals surface area contributed by atoms with E-state index in [1.807, 2.05) is 6.92 Å². The van der Waals surface area contributed by atoms with E-state index in [4.69, 9.17) is 0 Å². The number of nitroso groups, excluding NO2 is 1. The molecule has 0 radical (unpaired) electrons. The Bertz CT molecular complexity index is 53.7. The van der Waals surface area contributed by atoms with Crippen LogP contribution in [-0.2, 0) is 0 Å². The molecule has 2 nitrogen and oxygen atoms in total. The SMILES string of the molecule is CCC(N=O)[I-]C. The first-order chi connectivity index (χ1) is 3.35. The Morgan fingerprint density at radius 2 is 2.43 bits per heavy atom. The minimum atomic E-state index is 0.0622. The van der Waals surface area contributed by atoms with Crippen LogP contribution in [0.15, 0.2) is 5.18 Å². The fourth-order valence-electron chi connectivity index (χ4n) is 0.269. The average molecular weight is 214 g/mol. The molecule has 0 aromatic heterocycles. The maximum absolute atomic E-state index is 9.74. The van der Waals surface area contributed by atoms with E-state index in [9.17, 15) is 4.91 Å². The van der Waals surface area contributed by atoms with Crippen LogP contribution in [0.3, 0.4) is 0 Å². The van der Waals surface area contributed by atoms with Gasteiger partial charge in [-0.1, -0.05) is 0 Å². The third kappa shape index (κ3) is 2.96. The van der Waals surface area contributed by atoms with Crippen LogP contribution >= 0.6 is 0 Å². The number of hydrogen-bond donors (Lipinski definition) is 0. The normalized spacial score (nSPS) is 14.0. The second kappa shape index (κ2) is 4.49. The van der Waals surface area contributed by atoms with Crippen molar-refractivity contribution < 1.29 is 21.2 Å². The summed E-state index contributed by atoms with van der Waals surface area (Å²) in [5, 5.41) is 2.92. The molecule has 44 valence electrons. The molecule has 0 spiro atoms. The van der Waals surface area contributed by atoms with Gasteiger partial charge in [0.25, 0.3) is 0 Å². The molecular weight excluding hydrogens is 205 g/mol. The zero-order chi connectivity index (χ0) is 5.70. The monoisotopic (exact) mass is 214 g/mol. The third-order valence-corrected chi connectivity index (χ3v) is 3.25. The van der Waals surface area contributed by atoms with Crippen LogP contribution in [0, 0.1) is 4.91 Å². The molecule has 0 fully saturated rings. The standard InChI is InChI=1S/C4H9INO/c1-3-4(5-2)6-7/h4H,3H2,1-2H3/q-1.